The van der Waals surface area contributed by atoms with Gasteiger partial charge in [0, 0.05) is 12.2 Å². The summed E-state index contributed by atoms with van der Waals surface area (Å²) in [6, 6.07) is 4.89. The van der Waals surface area contributed by atoms with Crippen molar-refractivity contribution in [2.24, 2.45) is 0 Å². The Kier molecular flexibility index (Phi) is 4.93. The van der Waals surface area contributed by atoms with Gasteiger partial charge in [0.15, 0.2) is 5.11 Å². The Morgan fingerprint density at radius 1 is 1.26 bits per heavy atom. The molecule has 0 fully saturated rings. The molecule has 23 heavy (non-hydrogen) atoms. The van der Waals surface area contributed by atoms with Crippen LogP contribution in [-0.4, -0.2) is 14.9 Å². The second-order valence-corrected chi connectivity index (χ2v) is 5.43. The van der Waals surface area contributed by atoms with Crippen molar-refractivity contribution in [3.8, 4) is 0 Å². The van der Waals surface area contributed by atoms with Crippen molar-refractivity contribution in [2.45, 2.75) is 33.5 Å². The number of nitrogens with zero attached hydrogens (tertiary/aromatic N) is 2. The van der Waals surface area contributed by atoms with Crippen LogP contribution in [-0.2, 0) is 12.7 Å². The minimum absolute atomic E-state index is 0.214. The van der Waals surface area contributed by atoms with Gasteiger partial charge < -0.3 is 10.6 Å². The normalized spacial score (nSPS) is 11.4. The van der Waals surface area contributed by atoms with Gasteiger partial charge >= 0.3 is 6.18 Å². The Labute approximate surface area is 137 Å². The van der Waals surface area contributed by atoms with Gasteiger partial charge in [-0.15, -0.1) is 0 Å². The molecule has 0 atom stereocenters. The van der Waals surface area contributed by atoms with E-state index in [4.69, 9.17) is 12.2 Å². The predicted molar refractivity (Wildman–Crippen MR) is 88.7 cm³/mol. The summed E-state index contributed by atoms with van der Waals surface area (Å²) in [5.41, 5.74) is 2.00. The first-order valence-electron chi connectivity index (χ1n) is 7.01. The molecule has 0 aliphatic rings. The van der Waals surface area contributed by atoms with Crippen LogP contribution in [0.3, 0.4) is 0 Å². The predicted octanol–water partition coefficient (Wildman–Crippen LogP) is 4.35. The van der Waals surface area contributed by atoms with E-state index in [0.717, 1.165) is 35.8 Å². The van der Waals surface area contributed by atoms with Gasteiger partial charge in [0.2, 0.25) is 0 Å². The van der Waals surface area contributed by atoms with Crippen molar-refractivity contribution in [1.29, 1.82) is 0 Å². The Morgan fingerprint density at radius 3 is 2.52 bits per heavy atom. The second-order valence-electron chi connectivity index (χ2n) is 5.02. The second kappa shape index (κ2) is 6.57. The molecular weight excluding hydrogens is 325 g/mol. The lowest BCUT2D eigenvalue weighted by molar-refractivity contribution is -0.137. The molecule has 2 N–H and O–H groups in total. The first kappa shape index (κ1) is 17.3. The number of benzene rings is 1. The zero-order valence-electron chi connectivity index (χ0n) is 13.0. The third-order valence-electron chi connectivity index (χ3n) is 3.37. The summed E-state index contributed by atoms with van der Waals surface area (Å²) in [7, 11) is 0. The third kappa shape index (κ3) is 4.01. The fourth-order valence-electron chi connectivity index (χ4n) is 2.23. The maximum atomic E-state index is 12.7. The first-order valence-corrected chi connectivity index (χ1v) is 7.42. The number of thiocarbonyl (C=S) groups is 1. The molecule has 0 amide bonds. The fraction of sp³-hybridized carbons (Fsp3) is 0.333. The van der Waals surface area contributed by atoms with Gasteiger partial charge in [-0.05, 0) is 51.2 Å². The lowest BCUT2D eigenvalue weighted by Crippen LogP contribution is -2.20. The number of hydrogen-bond acceptors (Lipinski definition) is 2. The minimum atomic E-state index is -4.39. The van der Waals surface area contributed by atoms with E-state index in [1.54, 1.807) is 0 Å². The summed E-state index contributed by atoms with van der Waals surface area (Å²) < 4.78 is 40.0. The van der Waals surface area contributed by atoms with E-state index in [-0.39, 0.29) is 10.8 Å². The molecule has 0 spiro atoms. The molecular formula is C15H17F3N4S. The van der Waals surface area contributed by atoms with Crippen molar-refractivity contribution in [2.75, 3.05) is 10.6 Å². The molecule has 0 aliphatic heterocycles. The molecule has 0 saturated carbocycles. The van der Waals surface area contributed by atoms with Crippen molar-refractivity contribution in [1.82, 2.24) is 9.78 Å². The zero-order valence-corrected chi connectivity index (χ0v) is 13.8. The van der Waals surface area contributed by atoms with E-state index in [9.17, 15) is 13.2 Å². The molecule has 0 aliphatic carbocycles. The number of rotatable bonds is 3. The Hall–Kier alpha value is -2.09. The van der Waals surface area contributed by atoms with E-state index in [1.807, 2.05) is 25.5 Å². The van der Waals surface area contributed by atoms with Crippen molar-refractivity contribution in [3.05, 3.63) is 41.2 Å². The zero-order chi connectivity index (χ0) is 17.2. The Morgan fingerprint density at radius 2 is 1.96 bits per heavy atom. The van der Waals surface area contributed by atoms with Crippen LogP contribution in [0.1, 0.15) is 23.9 Å². The van der Waals surface area contributed by atoms with Crippen LogP contribution in [0.4, 0.5) is 24.5 Å². The summed E-state index contributed by atoms with van der Waals surface area (Å²) in [5, 5.41) is 10.3. The molecule has 0 saturated heterocycles. The number of anilines is 2. The largest absolute Gasteiger partial charge is 0.416 e. The topological polar surface area (TPSA) is 41.9 Å². The number of aryl methyl sites for hydroxylation is 2. The molecule has 8 heteroatoms. The molecule has 2 rings (SSSR count). The van der Waals surface area contributed by atoms with E-state index in [0.29, 0.717) is 0 Å². The molecule has 0 radical (unpaired) electrons. The number of aromatic nitrogens is 2. The standard InChI is InChI=1S/C15H17F3N4S/c1-4-22-10(3)13(9(2)21-22)20-14(23)19-12-7-5-6-11(8-12)15(16,17)18/h5-8H,4H2,1-3H3,(H2,19,20,23). The molecule has 4 nitrogen and oxygen atoms in total. The van der Waals surface area contributed by atoms with Gasteiger partial charge in [-0.2, -0.15) is 18.3 Å². The molecule has 124 valence electrons. The molecule has 0 unspecified atom stereocenters. The van der Waals surface area contributed by atoms with Crippen molar-refractivity contribution in [3.63, 3.8) is 0 Å². The van der Waals surface area contributed by atoms with Crippen molar-refractivity contribution < 1.29 is 13.2 Å². The number of halogens is 3. The van der Waals surface area contributed by atoms with Gasteiger partial charge in [0.25, 0.3) is 0 Å². The minimum Gasteiger partial charge on any atom is -0.332 e. The van der Waals surface area contributed by atoms with Crippen LogP contribution in [0.5, 0.6) is 0 Å². The average molecular weight is 342 g/mol. The summed E-state index contributed by atoms with van der Waals surface area (Å²) in [6.45, 7) is 6.44. The Balaban J connectivity index is 2.13. The van der Waals surface area contributed by atoms with E-state index < -0.39 is 11.7 Å². The highest BCUT2D eigenvalue weighted by atomic mass is 32.1. The molecule has 1 aromatic heterocycles. The van der Waals surface area contributed by atoms with Crippen LogP contribution in [0, 0.1) is 13.8 Å². The molecule has 0 bridgehead atoms. The highest BCUT2D eigenvalue weighted by Crippen LogP contribution is 2.30. The summed E-state index contributed by atoms with van der Waals surface area (Å²) in [4.78, 5) is 0. The van der Waals surface area contributed by atoms with Gasteiger partial charge in [0.1, 0.15) is 0 Å². The van der Waals surface area contributed by atoms with E-state index in [2.05, 4.69) is 15.7 Å². The van der Waals surface area contributed by atoms with Gasteiger partial charge in [-0.1, -0.05) is 6.07 Å². The maximum absolute atomic E-state index is 12.7. The van der Waals surface area contributed by atoms with Crippen LogP contribution >= 0.6 is 12.2 Å². The quantitative estimate of drug-likeness (QED) is 0.814. The Bertz CT molecular complexity index is 722. The molecule has 1 aromatic carbocycles. The SMILES string of the molecule is CCn1nc(C)c(NC(=S)Nc2cccc(C(F)(F)F)c2)c1C. The third-order valence-corrected chi connectivity index (χ3v) is 3.57. The van der Waals surface area contributed by atoms with E-state index >= 15 is 0 Å². The number of nitrogens with one attached hydrogen (secondary N) is 2. The van der Waals surface area contributed by atoms with Gasteiger partial charge in [0.05, 0.1) is 22.6 Å². The maximum Gasteiger partial charge on any atom is 0.416 e. The number of hydrogen-bond donors (Lipinski definition) is 2. The summed E-state index contributed by atoms with van der Waals surface area (Å²) in [6.07, 6.45) is -4.39. The smallest absolute Gasteiger partial charge is 0.332 e. The van der Waals surface area contributed by atoms with Crippen LogP contribution in [0.2, 0.25) is 0 Å². The lowest BCUT2D eigenvalue weighted by atomic mass is 10.2. The molecule has 1 heterocycles. The monoisotopic (exact) mass is 342 g/mol. The first-order chi connectivity index (χ1) is 10.7. The van der Waals surface area contributed by atoms with Crippen LogP contribution < -0.4 is 10.6 Å². The highest BCUT2D eigenvalue weighted by molar-refractivity contribution is 7.80. The molecule has 2 aromatic rings. The lowest BCUT2D eigenvalue weighted by Gasteiger charge is -2.13. The fourth-order valence-corrected chi connectivity index (χ4v) is 2.45. The van der Waals surface area contributed by atoms with E-state index in [1.165, 1.54) is 12.1 Å². The summed E-state index contributed by atoms with van der Waals surface area (Å²) >= 11 is 5.18. The van der Waals surface area contributed by atoms with Crippen molar-refractivity contribution >= 4 is 28.7 Å². The summed E-state index contributed by atoms with van der Waals surface area (Å²) in [5.74, 6) is 0. The van der Waals surface area contributed by atoms with Crippen LogP contribution in [0.15, 0.2) is 24.3 Å². The average Bonchev–Trinajstić information content (AvgIpc) is 2.74. The van der Waals surface area contributed by atoms with Crippen LogP contribution in [0.25, 0.3) is 0 Å². The number of alkyl halides is 3. The van der Waals surface area contributed by atoms with Gasteiger partial charge in [-0.3, -0.25) is 4.68 Å². The highest BCUT2D eigenvalue weighted by Gasteiger charge is 2.30. The van der Waals surface area contributed by atoms with Gasteiger partial charge in [-0.25, -0.2) is 0 Å².